The van der Waals surface area contributed by atoms with Crippen LogP contribution in [0.15, 0.2) is 18.2 Å². The third kappa shape index (κ3) is 7.18. The van der Waals surface area contributed by atoms with Gasteiger partial charge in [-0.15, -0.1) is 0 Å². The molecule has 0 aliphatic heterocycles. The molecule has 1 rings (SSSR count). The number of nitrogens with one attached hydrogen (secondary N) is 1. The minimum Gasteiger partial charge on any atom is -0.356 e. The Morgan fingerprint density at radius 3 is 2.38 bits per heavy atom. The molecule has 1 aromatic rings. The Balaban J connectivity index is 2.30. The van der Waals surface area contributed by atoms with Crippen molar-refractivity contribution in [1.29, 1.82) is 0 Å². The highest BCUT2D eigenvalue weighted by Crippen LogP contribution is 2.25. The van der Waals surface area contributed by atoms with Crippen LogP contribution in [0.1, 0.15) is 38.7 Å². The van der Waals surface area contributed by atoms with Crippen molar-refractivity contribution in [3.8, 4) is 0 Å². The number of hydrogen-bond donors (Lipinski definition) is 2. The van der Waals surface area contributed by atoms with Gasteiger partial charge in [0.15, 0.2) is 0 Å². The lowest BCUT2D eigenvalue weighted by atomic mass is 9.84. The first kappa shape index (κ1) is 17.6. The van der Waals surface area contributed by atoms with Crippen molar-refractivity contribution in [2.75, 3.05) is 13.1 Å². The second kappa shape index (κ2) is 8.08. The molecule has 0 spiro atoms. The third-order valence-corrected chi connectivity index (χ3v) is 3.51. The first-order valence-electron chi connectivity index (χ1n) is 7.24. The lowest BCUT2D eigenvalue weighted by molar-refractivity contribution is -0.121. The summed E-state index contributed by atoms with van der Waals surface area (Å²) in [5, 5.41) is 2.77. The molecular weight excluding hydrogens is 274 g/mol. The van der Waals surface area contributed by atoms with Crippen LogP contribution in [0.3, 0.4) is 0 Å². The van der Waals surface area contributed by atoms with Gasteiger partial charge in [0.05, 0.1) is 0 Å². The van der Waals surface area contributed by atoms with E-state index in [1.54, 1.807) is 0 Å². The Labute approximate surface area is 124 Å². The molecule has 0 saturated carbocycles. The molecule has 3 nitrogen and oxygen atoms in total. The topological polar surface area (TPSA) is 55.1 Å². The Kier molecular flexibility index (Phi) is 6.75. The standard InChI is InChI=1S/C16H24F2N2O/c1-16(2,6-7-19)5-3-15(21)20-8-4-12-9-13(17)11-14(18)10-12/h9-11H,3-8,19H2,1-2H3,(H,20,21). The van der Waals surface area contributed by atoms with Crippen molar-refractivity contribution in [3.63, 3.8) is 0 Å². The Morgan fingerprint density at radius 1 is 1.19 bits per heavy atom. The second-order valence-electron chi connectivity index (χ2n) is 6.08. The summed E-state index contributed by atoms with van der Waals surface area (Å²) in [4.78, 5) is 11.7. The summed E-state index contributed by atoms with van der Waals surface area (Å²) >= 11 is 0. The number of halogens is 2. The largest absolute Gasteiger partial charge is 0.356 e. The number of hydrogen-bond acceptors (Lipinski definition) is 2. The van der Waals surface area contributed by atoms with Gasteiger partial charge in [0.1, 0.15) is 11.6 Å². The highest BCUT2D eigenvalue weighted by atomic mass is 19.1. The molecule has 21 heavy (non-hydrogen) atoms. The molecular formula is C16H24F2N2O. The zero-order valence-corrected chi connectivity index (χ0v) is 12.7. The van der Waals surface area contributed by atoms with E-state index < -0.39 is 11.6 Å². The van der Waals surface area contributed by atoms with Crippen molar-refractivity contribution < 1.29 is 13.6 Å². The van der Waals surface area contributed by atoms with E-state index in [2.05, 4.69) is 19.2 Å². The molecule has 0 bridgehead atoms. The van der Waals surface area contributed by atoms with E-state index in [1.165, 1.54) is 12.1 Å². The normalized spacial score (nSPS) is 11.5. The van der Waals surface area contributed by atoms with Crippen molar-refractivity contribution in [1.82, 2.24) is 5.32 Å². The van der Waals surface area contributed by atoms with Gasteiger partial charge in [-0.1, -0.05) is 13.8 Å². The summed E-state index contributed by atoms with van der Waals surface area (Å²) in [7, 11) is 0. The summed E-state index contributed by atoms with van der Waals surface area (Å²) in [5.74, 6) is -1.24. The maximum absolute atomic E-state index is 13.0. The zero-order chi connectivity index (χ0) is 15.9. The molecule has 0 aliphatic carbocycles. The van der Waals surface area contributed by atoms with Crippen molar-refractivity contribution in [2.24, 2.45) is 11.1 Å². The van der Waals surface area contributed by atoms with E-state index in [-0.39, 0.29) is 11.3 Å². The fourth-order valence-corrected chi connectivity index (χ4v) is 2.16. The molecule has 118 valence electrons. The van der Waals surface area contributed by atoms with Gasteiger partial charge in [-0.25, -0.2) is 8.78 Å². The smallest absolute Gasteiger partial charge is 0.220 e. The number of benzene rings is 1. The first-order chi connectivity index (χ1) is 9.82. The molecule has 0 aromatic heterocycles. The molecule has 1 amide bonds. The maximum atomic E-state index is 13.0. The minimum atomic E-state index is -0.597. The molecule has 0 atom stereocenters. The Hall–Kier alpha value is -1.49. The van der Waals surface area contributed by atoms with E-state index in [4.69, 9.17) is 5.73 Å². The zero-order valence-electron chi connectivity index (χ0n) is 12.7. The predicted octanol–water partition coefficient (Wildman–Crippen LogP) is 2.78. The number of nitrogens with two attached hydrogens (primary N) is 1. The van der Waals surface area contributed by atoms with Gasteiger partial charge in [0.2, 0.25) is 5.91 Å². The SMILES string of the molecule is CC(C)(CCN)CCC(=O)NCCc1cc(F)cc(F)c1. The van der Waals surface area contributed by atoms with Crippen LogP contribution in [-0.2, 0) is 11.2 Å². The Bertz CT molecular complexity index is 455. The summed E-state index contributed by atoms with van der Waals surface area (Å²) in [5.41, 5.74) is 6.12. The maximum Gasteiger partial charge on any atom is 0.220 e. The van der Waals surface area contributed by atoms with Gasteiger partial charge in [0.25, 0.3) is 0 Å². The van der Waals surface area contributed by atoms with Crippen molar-refractivity contribution in [3.05, 3.63) is 35.4 Å². The molecule has 0 unspecified atom stereocenters. The fourth-order valence-electron chi connectivity index (χ4n) is 2.16. The predicted molar refractivity (Wildman–Crippen MR) is 79.8 cm³/mol. The lowest BCUT2D eigenvalue weighted by Gasteiger charge is -2.23. The monoisotopic (exact) mass is 298 g/mol. The van der Waals surface area contributed by atoms with Crippen LogP contribution in [0.4, 0.5) is 8.78 Å². The quantitative estimate of drug-likeness (QED) is 0.775. The van der Waals surface area contributed by atoms with Gasteiger partial charge in [-0.3, -0.25) is 4.79 Å². The summed E-state index contributed by atoms with van der Waals surface area (Å²) in [6, 6.07) is 3.39. The van der Waals surface area contributed by atoms with E-state index in [0.717, 1.165) is 18.9 Å². The first-order valence-corrected chi connectivity index (χ1v) is 7.24. The highest BCUT2D eigenvalue weighted by Gasteiger charge is 2.18. The van der Waals surface area contributed by atoms with E-state index >= 15 is 0 Å². The van der Waals surface area contributed by atoms with Gasteiger partial charge in [-0.05, 0) is 48.9 Å². The highest BCUT2D eigenvalue weighted by molar-refractivity contribution is 5.75. The minimum absolute atomic E-state index is 0.0445. The van der Waals surface area contributed by atoms with Crippen LogP contribution in [0.5, 0.6) is 0 Å². The van der Waals surface area contributed by atoms with Crippen LogP contribution in [0.25, 0.3) is 0 Å². The molecule has 3 N–H and O–H groups in total. The molecule has 0 heterocycles. The van der Waals surface area contributed by atoms with E-state index in [1.807, 2.05) is 0 Å². The number of carbonyl (C=O) groups excluding carboxylic acids is 1. The number of carbonyl (C=O) groups is 1. The summed E-state index contributed by atoms with van der Waals surface area (Å²) in [6.45, 7) is 5.16. The van der Waals surface area contributed by atoms with Crippen molar-refractivity contribution in [2.45, 2.75) is 39.5 Å². The number of rotatable bonds is 8. The second-order valence-corrected chi connectivity index (χ2v) is 6.08. The van der Waals surface area contributed by atoms with E-state index in [0.29, 0.717) is 31.5 Å². The van der Waals surface area contributed by atoms with Crippen LogP contribution < -0.4 is 11.1 Å². The van der Waals surface area contributed by atoms with Gasteiger partial charge in [-0.2, -0.15) is 0 Å². The van der Waals surface area contributed by atoms with Crippen molar-refractivity contribution >= 4 is 5.91 Å². The van der Waals surface area contributed by atoms with Crippen LogP contribution in [0, 0.1) is 17.0 Å². The molecule has 1 aromatic carbocycles. The average Bonchev–Trinajstić information content (AvgIpc) is 2.35. The molecule has 0 aliphatic rings. The molecule has 0 radical (unpaired) electrons. The van der Waals surface area contributed by atoms with Crippen LogP contribution in [0.2, 0.25) is 0 Å². The molecule has 0 fully saturated rings. The van der Waals surface area contributed by atoms with Gasteiger partial charge in [0, 0.05) is 19.0 Å². The van der Waals surface area contributed by atoms with Crippen LogP contribution >= 0.6 is 0 Å². The van der Waals surface area contributed by atoms with Crippen LogP contribution in [-0.4, -0.2) is 19.0 Å². The van der Waals surface area contributed by atoms with Gasteiger partial charge < -0.3 is 11.1 Å². The third-order valence-electron chi connectivity index (χ3n) is 3.51. The average molecular weight is 298 g/mol. The summed E-state index contributed by atoms with van der Waals surface area (Å²) in [6.07, 6.45) is 2.49. The Morgan fingerprint density at radius 2 is 1.81 bits per heavy atom. The fraction of sp³-hybridized carbons (Fsp3) is 0.562. The molecule has 0 saturated heterocycles. The van der Waals surface area contributed by atoms with Gasteiger partial charge >= 0.3 is 0 Å². The summed E-state index contributed by atoms with van der Waals surface area (Å²) < 4.78 is 26.0. The van der Waals surface area contributed by atoms with E-state index in [9.17, 15) is 13.6 Å². The number of amides is 1. The molecule has 5 heteroatoms. The lowest BCUT2D eigenvalue weighted by Crippen LogP contribution is -2.27.